The molecule has 150 valence electrons. The van der Waals surface area contributed by atoms with Crippen molar-refractivity contribution < 1.29 is 18.0 Å². The number of likely N-dealkylation sites (tertiary alicyclic amines) is 1. The van der Waals surface area contributed by atoms with Crippen LogP contribution < -0.4 is 5.32 Å². The molecule has 8 heteroatoms. The zero-order chi connectivity index (χ0) is 20.4. The van der Waals surface area contributed by atoms with Gasteiger partial charge in [-0.15, -0.1) is 0 Å². The van der Waals surface area contributed by atoms with Crippen molar-refractivity contribution in [3.63, 3.8) is 0 Å². The van der Waals surface area contributed by atoms with E-state index in [1.807, 2.05) is 6.20 Å². The standard InChI is InChI=1S/C21H19F3N4O/c22-16-1-4-18(5-2-16)28-13-15(12-25-28)14-7-9-27(10-8-14)21(29)26-20-11-17(23)3-6-19(20)24/h1-6,11-14H,7-10H2,(H,26,29). The first-order chi connectivity index (χ1) is 14.0. The van der Waals surface area contributed by atoms with E-state index >= 15 is 0 Å². The Kier molecular flexibility index (Phi) is 5.24. The number of urea groups is 1. The normalized spacial score (nSPS) is 14.8. The molecule has 29 heavy (non-hydrogen) atoms. The number of benzene rings is 2. The minimum Gasteiger partial charge on any atom is -0.324 e. The van der Waals surface area contributed by atoms with Crippen LogP contribution in [0.3, 0.4) is 0 Å². The lowest BCUT2D eigenvalue weighted by molar-refractivity contribution is 0.194. The van der Waals surface area contributed by atoms with E-state index in [0.29, 0.717) is 13.1 Å². The number of carbonyl (C=O) groups excluding carboxylic acids is 1. The zero-order valence-corrected chi connectivity index (χ0v) is 15.5. The van der Waals surface area contributed by atoms with Crippen LogP contribution in [-0.2, 0) is 0 Å². The van der Waals surface area contributed by atoms with Gasteiger partial charge < -0.3 is 10.2 Å². The van der Waals surface area contributed by atoms with Gasteiger partial charge in [0.1, 0.15) is 17.5 Å². The molecule has 1 aliphatic rings. The fourth-order valence-electron chi connectivity index (χ4n) is 3.49. The number of hydrogen-bond acceptors (Lipinski definition) is 2. The van der Waals surface area contributed by atoms with Crippen LogP contribution in [0.25, 0.3) is 5.69 Å². The number of halogens is 3. The molecule has 1 N–H and O–H groups in total. The Morgan fingerprint density at radius 1 is 1.00 bits per heavy atom. The maximum atomic E-state index is 13.7. The summed E-state index contributed by atoms with van der Waals surface area (Å²) in [7, 11) is 0. The fraction of sp³-hybridized carbons (Fsp3) is 0.238. The molecular formula is C21H19F3N4O. The average molecular weight is 400 g/mol. The second-order valence-electron chi connectivity index (χ2n) is 7.01. The molecular weight excluding hydrogens is 381 g/mol. The highest BCUT2D eigenvalue weighted by Crippen LogP contribution is 2.29. The summed E-state index contributed by atoms with van der Waals surface area (Å²) in [6.07, 6.45) is 5.16. The lowest BCUT2D eigenvalue weighted by Gasteiger charge is -2.31. The van der Waals surface area contributed by atoms with E-state index in [9.17, 15) is 18.0 Å². The van der Waals surface area contributed by atoms with Crippen LogP contribution in [0.2, 0.25) is 0 Å². The molecule has 3 aromatic rings. The van der Waals surface area contributed by atoms with E-state index in [4.69, 9.17) is 0 Å². The Labute approximate surface area is 165 Å². The first-order valence-corrected chi connectivity index (χ1v) is 9.31. The van der Waals surface area contributed by atoms with Crippen LogP contribution >= 0.6 is 0 Å². The van der Waals surface area contributed by atoms with Gasteiger partial charge in [-0.2, -0.15) is 5.10 Å². The number of nitrogens with zero attached hydrogens (tertiary/aromatic N) is 3. The molecule has 0 radical (unpaired) electrons. The topological polar surface area (TPSA) is 50.2 Å². The largest absolute Gasteiger partial charge is 0.324 e. The van der Waals surface area contributed by atoms with Gasteiger partial charge in [0.05, 0.1) is 17.6 Å². The molecule has 0 aliphatic carbocycles. The SMILES string of the molecule is O=C(Nc1cc(F)ccc1F)N1CCC(c2cnn(-c3ccc(F)cc3)c2)CC1. The number of amides is 2. The molecule has 1 aromatic heterocycles. The van der Waals surface area contributed by atoms with Gasteiger partial charge in [0.25, 0.3) is 0 Å². The molecule has 0 spiro atoms. The molecule has 4 rings (SSSR count). The number of carbonyl (C=O) groups is 1. The van der Waals surface area contributed by atoms with E-state index in [1.165, 1.54) is 12.1 Å². The summed E-state index contributed by atoms with van der Waals surface area (Å²) in [5, 5.41) is 6.77. The predicted octanol–water partition coefficient (Wildman–Crippen LogP) is 4.70. The maximum absolute atomic E-state index is 13.7. The van der Waals surface area contributed by atoms with Crippen molar-refractivity contribution in [3.05, 3.63) is 77.9 Å². The summed E-state index contributed by atoms with van der Waals surface area (Å²) in [5.74, 6) is -1.36. The molecule has 1 saturated heterocycles. The Bertz CT molecular complexity index is 1010. The van der Waals surface area contributed by atoms with Gasteiger partial charge >= 0.3 is 6.03 Å². The second-order valence-corrected chi connectivity index (χ2v) is 7.01. The minimum absolute atomic E-state index is 0.169. The number of piperidine rings is 1. The quantitative estimate of drug-likeness (QED) is 0.693. The summed E-state index contributed by atoms with van der Waals surface area (Å²) in [6.45, 7) is 0.990. The Balaban J connectivity index is 1.36. The van der Waals surface area contributed by atoms with Gasteiger partial charge in [0.15, 0.2) is 0 Å². The minimum atomic E-state index is -0.678. The Morgan fingerprint density at radius 3 is 2.41 bits per heavy atom. The maximum Gasteiger partial charge on any atom is 0.321 e. The van der Waals surface area contributed by atoms with E-state index in [0.717, 1.165) is 42.3 Å². The van der Waals surface area contributed by atoms with Gasteiger partial charge in [-0.3, -0.25) is 0 Å². The van der Waals surface area contributed by atoms with E-state index < -0.39 is 17.7 Å². The number of nitrogens with one attached hydrogen (secondary N) is 1. The molecule has 5 nitrogen and oxygen atoms in total. The highest BCUT2D eigenvalue weighted by atomic mass is 19.1. The summed E-state index contributed by atoms with van der Waals surface area (Å²) in [5.41, 5.74) is 1.65. The Morgan fingerprint density at radius 2 is 1.69 bits per heavy atom. The van der Waals surface area contributed by atoms with Crippen LogP contribution in [0.5, 0.6) is 0 Å². The number of aromatic nitrogens is 2. The molecule has 0 bridgehead atoms. The summed E-state index contributed by atoms with van der Waals surface area (Å²) in [6, 6.07) is 8.58. The number of rotatable bonds is 3. The van der Waals surface area contributed by atoms with Crippen molar-refractivity contribution in [1.82, 2.24) is 14.7 Å². The van der Waals surface area contributed by atoms with Crippen molar-refractivity contribution in [1.29, 1.82) is 0 Å². The summed E-state index contributed by atoms with van der Waals surface area (Å²) in [4.78, 5) is 14.0. The van der Waals surface area contributed by atoms with E-state index in [-0.39, 0.29) is 17.4 Å². The van der Waals surface area contributed by atoms with Gasteiger partial charge in [-0.1, -0.05) is 0 Å². The van der Waals surface area contributed by atoms with Crippen LogP contribution in [0.4, 0.5) is 23.7 Å². The van der Waals surface area contributed by atoms with E-state index in [1.54, 1.807) is 27.9 Å². The molecule has 0 unspecified atom stereocenters. The van der Waals surface area contributed by atoms with Crippen molar-refractivity contribution in [2.24, 2.45) is 0 Å². The van der Waals surface area contributed by atoms with Crippen molar-refractivity contribution in [2.75, 3.05) is 18.4 Å². The summed E-state index contributed by atoms with van der Waals surface area (Å²) >= 11 is 0. The lowest BCUT2D eigenvalue weighted by Crippen LogP contribution is -2.40. The van der Waals surface area contributed by atoms with Crippen molar-refractivity contribution >= 4 is 11.7 Å². The monoisotopic (exact) mass is 400 g/mol. The van der Waals surface area contributed by atoms with Crippen molar-refractivity contribution in [2.45, 2.75) is 18.8 Å². The molecule has 2 amide bonds. The second kappa shape index (κ2) is 7.98. The summed E-state index contributed by atoms with van der Waals surface area (Å²) < 4.78 is 41.7. The van der Waals surface area contributed by atoms with Crippen LogP contribution in [0, 0.1) is 17.5 Å². The molecule has 1 fully saturated rings. The highest BCUT2D eigenvalue weighted by molar-refractivity contribution is 5.89. The van der Waals surface area contributed by atoms with Crippen LogP contribution in [0.1, 0.15) is 24.3 Å². The van der Waals surface area contributed by atoms with Gasteiger partial charge in [0, 0.05) is 25.4 Å². The van der Waals surface area contributed by atoms with Crippen molar-refractivity contribution in [3.8, 4) is 5.69 Å². The third kappa shape index (κ3) is 4.26. The lowest BCUT2D eigenvalue weighted by atomic mass is 9.92. The number of hydrogen-bond donors (Lipinski definition) is 1. The molecule has 0 atom stereocenters. The Hall–Kier alpha value is -3.29. The highest BCUT2D eigenvalue weighted by Gasteiger charge is 2.25. The zero-order valence-electron chi connectivity index (χ0n) is 15.5. The smallest absolute Gasteiger partial charge is 0.321 e. The molecule has 2 heterocycles. The van der Waals surface area contributed by atoms with Gasteiger partial charge in [0.2, 0.25) is 0 Å². The fourth-order valence-corrected chi connectivity index (χ4v) is 3.49. The molecule has 0 saturated carbocycles. The molecule has 1 aliphatic heterocycles. The third-order valence-corrected chi connectivity index (χ3v) is 5.12. The average Bonchev–Trinajstić information content (AvgIpc) is 3.21. The van der Waals surface area contributed by atoms with Gasteiger partial charge in [-0.05, 0) is 60.7 Å². The van der Waals surface area contributed by atoms with Crippen LogP contribution in [-0.4, -0.2) is 33.8 Å². The number of anilines is 1. The molecule has 2 aromatic carbocycles. The predicted molar refractivity (Wildman–Crippen MR) is 102 cm³/mol. The third-order valence-electron chi connectivity index (χ3n) is 5.12. The van der Waals surface area contributed by atoms with Gasteiger partial charge in [-0.25, -0.2) is 22.6 Å². The van der Waals surface area contributed by atoms with Crippen LogP contribution in [0.15, 0.2) is 54.9 Å². The van der Waals surface area contributed by atoms with E-state index in [2.05, 4.69) is 10.4 Å². The first kappa shape index (κ1) is 19.0. The first-order valence-electron chi connectivity index (χ1n) is 9.31.